The van der Waals surface area contributed by atoms with Gasteiger partial charge < -0.3 is 19.3 Å². The van der Waals surface area contributed by atoms with E-state index in [0.29, 0.717) is 50.0 Å². The molecule has 3 aromatic carbocycles. The van der Waals surface area contributed by atoms with E-state index in [-0.39, 0.29) is 42.0 Å². The van der Waals surface area contributed by atoms with E-state index < -0.39 is 5.60 Å². The van der Waals surface area contributed by atoms with Crippen molar-refractivity contribution in [3.8, 4) is 11.5 Å². The quantitative estimate of drug-likeness (QED) is 0.300. The molecule has 0 spiro atoms. The zero-order chi connectivity index (χ0) is 28.4. The number of hydrogen-bond donors (Lipinski definition) is 1. The first-order valence-electron chi connectivity index (χ1n) is 14.7. The van der Waals surface area contributed by atoms with E-state index in [1.807, 2.05) is 61.5 Å². The van der Waals surface area contributed by atoms with Gasteiger partial charge in [0.05, 0.1) is 24.7 Å². The van der Waals surface area contributed by atoms with Crippen LogP contribution in [-0.4, -0.2) is 35.2 Å². The minimum absolute atomic E-state index is 0.0189. The molecule has 0 unspecified atom stereocenters. The molecule has 0 radical (unpaired) electrons. The third-order valence-corrected chi connectivity index (χ3v) is 8.51. The SMILES string of the molecule is CCOC(=O)CCC[C@@H]1C[C@H]2C[C@](/C=C/c3ccccc3)(Cc3cc4c(c(O)c32)C(=O)C[C@@H](c2ccccc2)O4)O1. The molecule has 1 saturated heterocycles. The lowest BCUT2D eigenvalue weighted by Crippen LogP contribution is -2.47. The Bertz CT molecular complexity index is 1450. The topological polar surface area (TPSA) is 82.1 Å². The van der Waals surface area contributed by atoms with Gasteiger partial charge in [-0.2, -0.15) is 0 Å². The Morgan fingerprint density at radius 1 is 1.12 bits per heavy atom. The van der Waals surface area contributed by atoms with Crippen molar-refractivity contribution >= 4 is 17.8 Å². The monoisotopic (exact) mass is 552 g/mol. The zero-order valence-electron chi connectivity index (χ0n) is 23.4. The number of hydrogen-bond acceptors (Lipinski definition) is 6. The van der Waals surface area contributed by atoms with E-state index in [0.717, 1.165) is 28.7 Å². The van der Waals surface area contributed by atoms with Gasteiger partial charge in [-0.15, -0.1) is 0 Å². The largest absolute Gasteiger partial charge is 0.507 e. The van der Waals surface area contributed by atoms with Crippen LogP contribution in [0.3, 0.4) is 0 Å². The summed E-state index contributed by atoms with van der Waals surface area (Å²) in [7, 11) is 0. The third-order valence-electron chi connectivity index (χ3n) is 8.51. The van der Waals surface area contributed by atoms with Crippen molar-refractivity contribution in [1.29, 1.82) is 0 Å². The summed E-state index contributed by atoms with van der Waals surface area (Å²) in [6.45, 7) is 2.19. The molecule has 0 aromatic heterocycles. The predicted molar refractivity (Wildman–Crippen MR) is 156 cm³/mol. The first-order chi connectivity index (χ1) is 19.9. The van der Waals surface area contributed by atoms with Gasteiger partial charge in [-0.3, -0.25) is 9.59 Å². The van der Waals surface area contributed by atoms with Crippen LogP contribution in [0.4, 0.5) is 0 Å². The van der Waals surface area contributed by atoms with Gasteiger partial charge in [-0.05, 0) is 61.3 Å². The smallest absolute Gasteiger partial charge is 0.305 e. The minimum Gasteiger partial charge on any atom is -0.507 e. The first kappa shape index (κ1) is 27.3. The average Bonchev–Trinajstić information content (AvgIpc) is 2.96. The molecule has 6 rings (SSSR count). The van der Waals surface area contributed by atoms with Crippen LogP contribution >= 0.6 is 0 Å². The fourth-order valence-corrected chi connectivity index (χ4v) is 6.76. The van der Waals surface area contributed by atoms with E-state index in [4.69, 9.17) is 14.2 Å². The van der Waals surface area contributed by atoms with E-state index >= 15 is 0 Å². The molecule has 1 N–H and O–H groups in total. The second-order valence-electron chi connectivity index (χ2n) is 11.4. The standard InChI is InChI=1S/C35H36O6/c1-2-39-31(37)15-9-14-27-18-25-21-35(41-27,17-16-23-10-5-3-6-11-23)22-26-19-30-33(34(38)32(25)26)28(36)20-29(40-30)24-12-7-4-8-13-24/h3-8,10-13,16-17,19,25,27,29,38H,2,9,14-15,18,20-22H2,1H3/b17-16+/t25-,27+,29-,35+/m0/s1. The summed E-state index contributed by atoms with van der Waals surface area (Å²) in [5.41, 5.74) is 3.57. The van der Waals surface area contributed by atoms with Gasteiger partial charge in [0.25, 0.3) is 0 Å². The molecule has 2 heterocycles. The number of esters is 1. The number of ether oxygens (including phenoxy) is 3. The highest BCUT2D eigenvalue weighted by Gasteiger charge is 2.47. The Balaban J connectivity index is 1.33. The van der Waals surface area contributed by atoms with E-state index in [9.17, 15) is 14.7 Å². The molecule has 4 atom stereocenters. The molecule has 0 saturated carbocycles. The number of ketones is 1. The van der Waals surface area contributed by atoms with Gasteiger partial charge in [0.1, 0.15) is 23.2 Å². The highest BCUT2D eigenvalue weighted by molar-refractivity contribution is 6.03. The molecule has 2 bridgehead atoms. The number of fused-ring (bicyclic) bond motifs is 5. The summed E-state index contributed by atoms with van der Waals surface area (Å²) in [6, 6.07) is 21.8. The summed E-state index contributed by atoms with van der Waals surface area (Å²) in [6.07, 6.45) is 7.72. The lowest BCUT2D eigenvalue weighted by atomic mass is 9.68. The number of phenols is 1. The number of phenolic OH excluding ortho intramolecular Hbond substituents is 1. The van der Waals surface area contributed by atoms with Gasteiger partial charge >= 0.3 is 5.97 Å². The molecule has 1 fully saturated rings. The molecule has 3 aromatic rings. The van der Waals surface area contributed by atoms with Crippen molar-refractivity contribution in [2.24, 2.45) is 0 Å². The first-order valence-corrected chi connectivity index (χ1v) is 14.7. The van der Waals surface area contributed by atoms with Gasteiger partial charge in [0.2, 0.25) is 0 Å². The molecule has 0 amide bonds. The number of benzene rings is 3. The van der Waals surface area contributed by atoms with Crippen LogP contribution in [0.25, 0.3) is 6.08 Å². The normalized spacial score (nSPS) is 24.8. The minimum atomic E-state index is -0.571. The summed E-state index contributed by atoms with van der Waals surface area (Å²) < 4.78 is 18.3. The lowest BCUT2D eigenvalue weighted by Gasteiger charge is -2.48. The van der Waals surface area contributed by atoms with Crippen LogP contribution in [0.1, 0.15) is 90.1 Å². The number of carbonyl (C=O) groups excluding carboxylic acids is 2. The van der Waals surface area contributed by atoms with E-state index in [1.54, 1.807) is 0 Å². The number of rotatable bonds is 8. The van der Waals surface area contributed by atoms with Crippen LogP contribution in [-0.2, 0) is 20.7 Å². The highest BCUT2D eigenvalue weighted by atomic mass is 16.5. The molecule has 3 aliphatic rings. The van der Waals surface area contributed by atoms with Crippen LogP contribution < -0.4 is 4.74 Å². The molecule has 1 aliphatic carbocycles. The van der Waals surface area contributed by atoms with Crippen LogP contribution in [0.15, 0.2) is 72.8 Å². The lowest BCUT2D eigenvalue weighted by molar-refractivity contribution is -0.143. The highest BCUT2D eigenvalue weighted by Crippen LogP contribution is 2.54. The van der Waals surface area contributed by atoms with Gasteiger partial charge in [0, 0.05) is 18.4 Å². The van der Waals surface area contributed by atoms with Crippen molar-refractivity contribution in [2.45, 2.75) is 75.6 Å². The molecule has 41 heavy (non-hydrogen) atoms. The molecule has 6 heteroatoms. The fourth-order valence-electron chi connectivity index (χ4n) is 6.76. The zero-order valence-corrected chi connectivity index (χ0v) is 23.4. The van der Waals surface area contributed by atoms with Crippen molar-refractivity contribution in [1.82, 2.24) is 0 Å². The average molecular weight is 553 g/mol. The Kier molecular flexibility index (Phi) is 7.67. The van der Waals surface area contributed by atoms with Crippen LogP contribution in [0.5, 0.6) is 11.5 Å². The van der Waals surface area contributed by atoms with Crippen molar-refractivity contribution < 1.29 is 28.9 Å². The molecule has 2 aliphatic heterocycles. The second kappa shape index (κ2) is 11.5. The second-order valence-corrected chi connectivity index (χ2v) is 11.4. The Morgan fingerprint density at radius 3 is 2.63 bits per heavy atom. The predicted octanol–water partition coefficient (Wildman–Crippen LogP) is 7.10. The van der Waals surface area contributed by atoms with Crippen LogP contribution in [0, 0.1) is 0 Å². The Morgan fingerprint density at radius 2 is 1.88 bits per heavy atom. The molecular formula is C35H36O6. The number of Topliss-reactive ketones (excluding diaryl/α,β-unsaturated/α-hetero) is 1. The molecule has 212 valence electrons. The fraction of sp³-hybridized carbons (Fsp3) is 0.371. The van der Waals surface area contributed by atoms with E-state index in [1.165, 1.54) is 0 Å². The van der Waals surface area contributed by atoms with E-state index in [2.05, 4.69) is 24.3 Å². The summed E-state index contributed by atoms with van der Waals surface area (Å²) in [5.74, 6) is 0.236. The maximum absolute atomic E-state index is 13.4. The maximum atomic E-state index is 13.4. The van der Waals surface area contributed by atoms with Gasteiger partial charge in [-0.1, -0.05) is 72.8 Å². The van der Waals surface area contributed by atoms with Crippen molar-refractivity contribution in [3.63, 3.8) is 0 Å². The number of aromatic hydroxyl groups is 1. The van der Waals surface area contributed by atoms with Gasteiger partial charge in [0.15, 0.2) is 5.78 Å². The molecular weight excluding hydrogens is 516 g/mol. The Labute approximate surface area is 241 Å². The third kappa shape index (κ3) is 5.66. The maximum Gasteiger partial charge on any atom is 0.305 e. The summed E-state index contributed by atoms with van der Waals surface area (Å²) in [5, 5.41) is 11.6. The van der Waals surface area contributed by atoms with Crippen LogP contribution in [0.2, 0.25) is 0 Å². The van der Waals surface area contributed by atoms with Crippen molar-refractivity contribution in [2.75, 3.05) is 6.61 Å². The van der Waals surface area contributed by atoms with Crippen molar-refractivity contribution in [3.05, 3.63) is 101 Å². The Hall–Kier alpha value is -3.90. The van der Waals surface area contributed by atoms with Gasteiger partial charge in [-0.25, -0.2) is 0 Å². The number of carbonyl (C=O) groups is 2. The summed E-state index contributed by atoms with van der Waals surface area (Å²) in [4.78, 5) is 25.3. The molecule has 6 nitrogen and oxygen atoms in total. The summed E-state index contributed by atoms with van der Waals surface area (Å²) >= 11 is 0.